The van der Waals surface area contributed by atoms with Gasteiger partial charge < -0.3 is 5.32 Å². The van der Waals surface area contributed by atoms with Crippen molar-refractivity contribution in [2.45, 2.75) is 39.8 Å². The number of aromatic nitrogens is 3. The highest BCUT2D eigenvalue weighted by Crippen LogP contribution is 2.37. The summed E-state index contributed by atoms with van der Waals surface area (Å²) >= 11 is 0. The van der Waals surface area contributed by atoms with E-state index >= 15 is 0 Å². The molecule has 0 radical (unpaired) electrons. The fraction of sp³-hybridized carbons (Fsp3) is 0.286. The monoisotopic (exact) mass is 346 g/mol. The molecular formula is C21H22N4O. The molecule has 0 amide bonds. The van der Waals surface area contributed by atoms with Gasteiger partial charge in [-0.15, -0.1) is 0 Å². The molecule has 1 N–H and O–H groups in total. The molecule has 0 bridgehead atoms. The van der Waals surface area contributed by atoms with E-state index in [1.165, 1.54) is 5.56 Å². The second-order valence-electron chi connectivity index (χ2n) is 7.10. The number of aryl methyl sites for hydroxylation is 2. The number of hydrogen-bond donors (Lipinski definition) is 1. The molecule has 1 aliphatic rings. The second-order valence-corrected chi connectivity index (χ2v) is 7.10. The van der Waals surface area contributed by atoms with Crippen LogP contribution in [0.15, 0.2) is 47.3 Å². The van der Waals surface area contributed by atoms with E-state index in [0.29, 0.717) is 11.5 Å². The molecule has 3 aromatic rings. The first kappa shape index (κ1) is 16.5. The maximum atomic E-state index is 12.8. The molecule has 132 valence electrons. The Bertz CT molecular complexity index is 1070. The number of fused-ring (bicyclic) bond motifs is 3. The minimum atomic E-state index is -0.446. The van der Waals surface area contributed by atoms with Gasteiger partial charge in [-0.3, -0.25) is 4.79 Å². The molecular weight excluding hydrogens is 324 g/mol. The van der Waals surface area contributed by atoms with Crippen LogP contribution >= 0.6 is 0 Å². The minimum absolute atomic E-state index is 0.297. The highest BCUT2D eigenvalue weighted by molar-refractivity contribution is 5.76. The van der Waals surface area contributed by atoms with Crippen molar-refractivity contribution in [3.63, 3.8) is 0 Å². The first-order chi connectivity index (χ1) is 12.4. The van der Waals surface area contributed by atoms with Crippen LogP contribution in [0.3, 0.4) is 0 Å². The molecule has 0 saturated carbocycles. The van der Waals surface area contributed by atoms with Crippen molar-refractivity contribution in [3.8, 4) is 22.6 Å². The number of anilines is 1. The second kappa shape index (κ2) is 5.80. The zero-order valence-electron chi connectivity index (χ0n) is 15.5. The van der Waals surface area contributed by atoms with E-state index in [9.17, 15) is 4.79 Å². The molecule has 1 aromatic heterocycles. The number of nitrogens with one attached hydrogen (secondary N) is 1. The van der Waals surface area contributed by atoms with Crippen LogP contribution in [-0.2, 0) is 5.66 Å². The van der Waals surface area contributed by atoms with Crippen LogP contribution in [0.2, 0.25) is 0 Å². The van der Waals surface area contributed by atoms with Gasteiger partial charge in [0.2, 0.25) is 0 Å². The van der Waals surface area contributed by atoms with E-state index in [0.717, 1.165) is 28.8 Å². The van der Waals surface area contributed by atoms with Crippen molar-refractivity contribution in [1.82, 2.24) is 14.8 Å². The van der Waals surface area contributed by atoms with Crippen LogP contribution in [0.4, 0.5) is 5.69 Å². The maximum Gasteiger partial charge on any atom is 0.300 e. The summed E-state index contributed by atoms with van der Waals surface area (Å²) < 4.78 is 1.86. The molecule has 26 heavy (non-hydrogen) atoms. The quantitative estimate of drug-likeness (QED) is 0.759. The largest absolute Gasteiger partial charge is 0.361 e. The minimum Gasteiger partial charge on any atom is -0.361 e. The lowest BCUT2D eigenvalue weighted by Gasteiger charge is -2.38. The van der Waals surface area contributed by atoms with Crippen LogP contribution in [0.5, 0.6) is 0 Å². The fourth-order valence-corrected chi connectivity index (χ4v) is 3.34. The summed E-state index contributed by atoms with van der Waals surface area (Å²) in [6, 6.07) is 13.9. The fourth-order valence-electron chi connectivity index (χ4n) is 3.34. The van der Waals surface area contributed by atoms with Gasteiger partial charge in [0.25, 0.3) is 5.56 Å². The van der Waals surface area contributed by atoms with E-state index in [1.807, 2.05) is 54.1 Å². The number of nitrogens with zero attached hydrogens (tertiary/aromatic N) is 3. The molecule has 1 aliphatic heterocycles. The highest BCUT2D eigenvalue weighted by atomic mass is 16.1. The van der Waals surface area contributed by atoms with Gasteiger partial charge in [0, 0.05) is 16.8 Å². The zero-order valence-corrected chi connectivity index (χ0v) is 15.5. The van der Waals surface area contributed by atoms with Crippen molar-refractivity contribution >= 4 is 5.69 Å². The van der Waals surface area contributed by atoms with E-state index < -0.39 is 5.66 Å². The summed E-state index contributed by atoms with van der Waals surface area (Å²) in [6.07, 6.45) is 0.804. The van der Waals surface area contributed by atoms with Crippen LogP contribution in [0.25, 0.3) is 22.6 Å². The van der Waals surface area contributed by atoms with Crippen molar-refractivity contribution in [2.75, 3.05) is 5.32 Å². The average molecular weight is 346 g/mol. The van der Waals surface area contributed by atoms with Gasteiger partial charge in [0.15, 0.2) is 11.5 Å². The van der Waals surface area contributed by atoms with Gasteiger partial charge in [-0.1, -0.05) is 31.2 Å². The molecule has 2 heterocycles. The van der Waals surface area contributed by atoms with Gasteiger partial charge in [0.05, 0.1) is 0 Å². The van der Waals surface area contributed by atoms with Crippen molar-refractivity contribution in [1.29, 1.82) is 0 Å². The van der Waals surface area contributed by atoms with E-state index in [-0.39, 0.29) is 5.56 Å². The summed E-state index contributed by atoms with van der Waals surface area (Å²) in [5.74, 6) is 0.612. The van der Waals surface area contributed by atoms with Crippen molar-refractivity contribution < 1.29 is 0 Å². The van der Waals surface area contributed by atoms with Crippen LogP contribution in [0.1, 0.15) is 31.4 Å². The smallest absolute Gasteiger partial charge is 0.300 e. The average Bonchev–Trinajstić information content (AvgIpc) is 2.64. The van der Waals surface area contributed by atoms with Gasteiger partial charge in [-0.25, -0.2) is 4.68 Å². The summed E-state index contributed by atoms with van der Waals surface area (Å²) in [5, 5.41) is 8.31. The van der Waals surface area contributed by atoms with Gasteiger partial charge in [-0.05, 0) is 56.5 Å². The molecule has 0 aliphatic carbocycles. The first-order valence-electron chi connectivity index (χ1n) is 8.90. The van der Waals surface area contributed by atoms with Crippen LogP contribution < -0.4 is 10.9 Å². The molecule has 0 spiro atoms. The summed E-state index contributed by atoms with van der Waals surface area (Å²) in [7, 11) is 0. The van der Waals surface area contributed by atoms with Crippen LogP contribution in [-0.4, -0.2) is 14.8 Å². The van der Waals surface area contributed by atoms with E-state index in [2.05, 4.69) is 31.1 Å². The lowest BCUT2D eigenvalue weighted by molar-refractivity contribution is 0.312. The Labute approximate surface area is 152 Å². The Morgan fingerprint density at radius 3 is 2.62 bits per heavy atom. The number of para-hydroxylation sites is 1. The zero-order chi connectivity index (χ0) is 18.5. The van der Waals surface area contributed by atoms with Gasteiger partial charge in [0.1, 0.15) is 5.66 Å². The van der Waals surface area contributed by atoms with Gasteiger partial charge in [-0.2, -0.15) is 10.1 Å². The Morgan fingerprint density at radius 2 is 1.88 bits per heavy atom. The summed E-state index contributed by atoms with van der Waals surface area (Å²) in [6.45, 7) is 8.27. The molecule has 2 aromatic carbocycles. The third-order valence-corrected chi connectivity index (χ3v) is 5.32. The third kappa shape index (κ3) is 2.43. The molecule has 0 saturated heterocycles. The van der Waals surface area contributed by atoms with E-state index in [1.54, 1.807) is 0 Å². The molecule has 5 heteroatoms. The van der Waals surface area contributed by atoms with Gasteiger partial charge >= 0.3 is 0 Å². The molecule has 0 unspecified atom stereocenters. The van der Waals surface area contributed by atoms with E-state index in [4.69, 9.17) is 5.10 Å². The topological polar surface area (TPSA) is 59.8 Å². The summed E-state index contributed by atoms with van der Waals surface area (Å²) in [4.78, 5) is 17.2. The third-order valence-electron chi connectivity index (χ3n) is 5.32. The predicted octanol–water partition coefficient (Wildman–Crippen LogP) is 4.10. The highest BCUT2D eigenvalue weighted by Gasteiger charge is 2.34. The first-order valence-corrected chi connectivity index (χ1v) is 8.90. The maximum absolute atomic E-state index is 12.8. The lowest BCUT2D eigenvalue weighted by atomic mass is 10.0. The number of hydrogen-bond acceptors (Lipinski definition) is 4. The van der Waals surface area contributed by atoms with Crippen LogP contribution in [0, 0.1) is 13.8 Å². The molecule has 1 atom stereocenters. The van der Waals surface area contributed by atoms with Crippen molar-refractivity contribution in [2.24, 2.45) is 0 Å². The Morgan fingerprint density at radius 1 is 1.12 bits per heavy atom. The predicted molar refractivity (Wildman–Crippen MR) is 104 cm³/mol. The summed E-state index contributed by atoms with van der Waals surface area (Å²) in [5.41, 5.74) is 4.64. The molecule has 0 fully saturated rings. The Balaban J connectivity index is 1.99. The normalized spacial score (nSPS) is 18.0. The van der Waals surface area contributed by atoms with Crippen molar-refractivity contribution in [3.05, 3.63) is 63.9 Å². The molecule has 5 nitrogen and oxygen atoms in total. The lowest BCUT2D eigenvalue weighted by Crippen LogP contribution is -2.44. The molecule has 4 rings (SSSR count). The SMILES string of the molecule is CC[C@@]1(C)Nc2ccccc2-c2nc(=O)c(-c3ccc(C)c(C)c3)nn21. The Hall–Kier alpha value is -2.95. The number of benzene rings is 2. The standard InChI is InChI=1S/C21H22N4O/c1-5-21(4)23-17-9-7-6-8-16(17)19-22-20(26)18(24-25(19)21)15-11-10-13(2)14(3)12-15/h6-12,23H,5H2,1-4H3/t21-/m0/s1. The Kier molecular flexibility index (Phi) is 3.68. The number of rotatable bonds is 2.